The Morgan fingerprint density at radius 3 is 2.61 bits per heavy atom. The molecule has 1 rings (SSSR count). The van der Waals surface area contributed by atoms with Gasteiger partial charge in [0.05, 0.1) is 13.1 Å². The number of rotatable bonds is 4. The first-order valence-electron chi connectivity index (χ1n) is 5.06. The molecule has 5 nitrogen and oxygen atoms in total. The molecule has 0 saturated carbocycles. The van der Waals surface area contributed by atoms with E-state index in [0.29, 0.717) is 10.7 Å². The highest BCUT2D eigenvalue weighted by Gasteiger charge is 2.07. The number of nitrogens with two attached hydrogens (primary N) is 1. The van der Waals surface area contributed by atoms with Gasteiger partial charge in [-0.05, 0) is 24.6 Å². The normalized spacial score (nSPS) is 9.28. The molecule has 18 heavy (non-hydrogen) atoms. The van der Waals surface area contributed by atoms with Crippen LogP contribution in [0.2, 0.25) is 5.02 Å². The Kier molecular flexibility index (Phi) is 7.35. The summed E-state index contributed by atoms with van der Waals surface area (Å²) in [7, 11) is 0. The van der Waals surface area contributed by atoms with Crippen molar-refractivity contribution in [2.24, 2.45) is 5.73 Å². The highest BCUT2D eigenvalue weighted by atomic mass is 35.5. The molecule has 2 amide bonds. The zero-order chi connectivity index (χ0) is 12.8. The van der Waals surface area contributed by atoms with Crippen molar-refractivity contribution in [2.75, 3.05) is 18.4 Å². The van der Waals surface area contributed by atoms with Crippen LogP contribution in [0.1, 0.15) is 5.56 Å². The van der Waals surface area contributed by atoms with Crippen molar-refractivity contribution >= 4 is 41.5 Å². The van der Waals surface area contributed by atoms with Crippen molar-refractivity contribution in [3.8, 4) is 0 Å². The topological polar surface area (TPSA) is 84.2 Å². The van der Waals surface area contributed by atoms with Gasteiger partial charge in [-0.1, -0.05) is 17.7 Å². The fraction of sp³-hybridized carbons (Fsp3) is 0.273. The molecular formula is C11H15Cl2N3O2. The molecule has 0 spiro atoms. The predicted octanol–water partition coefficient (Wildman–Crippen LogP) is 1.08. The summed E-state index contributed by atoms with van der Waals surface area (Å²) in [5.74, 6) is -0.694. The lowest BCUT2D eigenvalue weighted by molar-refractivity contribution is -0.123. The number of carbonyl (C=O) groups is 2. The van der Waals surface area contributed by atoms with Crippen molar-refractivity contribution in [3.63, 3.8) is 0 Å². The van der Waals surface area contributed by atoms with Crippen LogP contribution in [0, 0.1) is 6.92 Å². The number of amides is 2. The Bertz CT molecular complexity index is 438. The van der Waals surface area contributed by atoms with E-state index in [1.807, 2.05) is 0 Å². The van der Waals surface area contributed by atoms with Crippen LogP contribution in [0.4, 0.5) is 5.69 Å². The van der Waals surface area contributed by atoms with Crippen LogP contribution in [-0.2, 0) is 9.59 Å². The van der Waals surface area contributed by atoms with Gasteiger partial charge in [0.1, 0.15) is 0 Å². The maximum Gasteiger partial charge on any atom is 0.243 e. The average Bonchev–Trinajstić information content (AvgIpc) is 2.32. The Morgan fingerprint density at radius 2 is 2.00 bits per heavy atom. The lowest BCUT2D eigenvalue weighted by atomic mass is 10.2. The van der Waals surface area contributed by atoms with Gasteiger partial charge in [0.2, 0.25) is 11.8 Å². The smallest absolute Gasteiger partial charge is 0.243 e. The molecule has 1 aromatic carbocycles. The van der Waals surface area contributed by atoms with Crippen LogP contribution < -0.4 is 16.4 Å². The molecule has 0 atom stereocenters. The van der Waals surface area contributed by atoms with Gasteiger partial charge >= 0.3 is 0 Å². The number of benzene rings is 1. The van der Waals surface area contributed by atoms with Gasteiger partial charge in [0, 0.05) is 10.7 Å². The van der Waals surface area contributed by atoms with Gasteiger partial charge in [-0.2, -0.15) is 0 Å². The predicted molar refractivity (Wildman–Crippen MR) is 74.1 cm³/mol. The van der Waals surface area contributed by atoms with Gasteiger partial charge in [-0.15, -0.1) is 12.4 Å². The third kappa shape index (κ3) is 4.91. The maximum absolute atomic E-state index is 11.5. The number of carbonyl (C=O) groups excluding carboxylic acids is 2. The van der Waals surface area contributed by atoms with Crippen molar-refractivity contribution in [1.29, 1.82) is 0 Å². The molecule has 1 aromatic rings. The monoisotopic (exact) mass is 291 g/mol. The summed E-state index contributed by atoms with van der Waals surface area (Å²) in [6, 6.07) is 5.22. The molecular weight excluding hydrogens is 277 g/mol. The zero-order valence-electron chi connectivity index (χ0n) is 9.83. The van der Waals surface area contributed by atoms with Crippen molar-refractivity contribution < 1.29 is 9.59 Å². The zero-order valence-corrected chi connectivity index (χ0v) is 11.4. The minimum atomic E-state index is -0.372. The van der Waals surface area contributed by atoms with E-state index in [0.717, 1.165) is 5.56 Å². The second kappa shape index (κ2) is 7.92. The van der Waals surface area contributed by atoms with Crippen LogP contribution in [-0.4, -0.2) is 24.9 Å². The van der Waals surface area contributed by atoms with Gasteiger partial charge < -0.3 is 16.4 Å². The van der Waals surface area contributed by atoms with Gasteiger partial charge in [-0.25, -0.2) is 0 Å². The quantitative estimate of drug-likeness (QED) is 0.776. The minimum absolute atomic E-state index is 0. The minimum Gasteiger partial charge on any atom is -0.346 e. The largest absolute Gasteiger partial charge is 0.346 e. The lowest BCUT2D eigenvalue weighted by Crippen LogP contribution is -2.36. The van der Waals surface area contributed by atoms with Crippen LogP contribution in [0.3, 0.4) is 0 Å². The molecule has 0 aliphatic heterocycles. The van der Waals surface area contributed by atoms with Crippen LogP contribution in [0.25, 0.3) is 0 Å². The number of nitrogens with one attached hydrogen (secondary N) is 2. The first-order chi connectivity index (χ1) is 8.04. The first-order valence-corrected chi connectivity index (χ1v) is 5.44. The molecule has 0 heterocycles. The Hall–Kier alpha value is -1.30. The highest BCUT2D eigenvalue weighted by Crippen LogP contribution is 2.22. The number of anilines is 1. The van der Waals surface area contributed by atoms with Crippen LogP contribution in [0.5, 0.6) is 0 Å². The summed E-state index contributed by atoms with van der Waals surface area (Å²) in [4.78, 5) is 22.3. The Balaban J connectivity index is 0.00000289. The average molecular weight is 292 g/mol. The summed E-state index contributed by atoms with van der Waals surface area (Å²) < 4.78 is 0. The van der Waals surface area contributed by atoms with E-state index in [9.17, 15) is 9.59 Å². The number of hydrogen-bond donors (Lipinski definition) is 3. The summed E-state index contributed by atoms with van der Waals surface area (Å²) >= 11 is 5.91. The molecule has 0 radical (unpaired) electrons. The standard InChI is InChI=1S/C11H14ClN3O2.ClH/c1-7-8(12)3-2-4-9(7)15-11(17)6-14-10(16)5-13;/h2-4H,5-6,13H2,1H3,(H,14,16)(H,15,17);1H. The SMILES string of the molecule is Cc1c(Cl)cccc1NC(=O)CNC(=O)CN.Cl. The van der Waals surface area contributed by atoms with Crippen molar-refractivity contribution in [1.82, 2.24) is 5.32 Å². The second-order valence-corrected chi connectivity index (χ2v) is 3.85. The van der Waals surface area contributed by atoms with E-state index in [4.69, 9.17) is 17.3 Å². The summed E-state index contributed by atoms with van der Waals surface area (Å²) in [6.07, 6.45) is 0. The molecule has 4 N–H and O–H groups in total. The van der Waals surface area contributed by atoms with Crippen molar-refractivity contribution in [3.05, 3.63) is 28.8 Å². The van der Waals surface area contributed by atoms with E-state index in [1.54, 1.807) is 25.1 Å². The summed E-state index contributed by atoms with van der Waals surface area (Å²) in [5, 5.41) is 5.61. The van der Waals surface area contributed by atoms with Gasteiger partial charge in [0.25, 0.3) is 0 Å². The third-order valence-corrected chi connectivity index (χ3v) is 2.58. The number of hydrogen-bond acceptors (Lipinski definition) is 3. The van der Waals surface area contributed by atoms with Gasteiger partial charge in [0.15, 0.2) is 0 Å². The van der Waals surface area contributed by atoms with Gasteiger partial charge in [-0.3, -0.25) is 9.59 Å². The molecule has 0 aliphatic rings. The fourth-order valence-electron chi connectivity index (χ4n) is 1.19. The van der Waals surface area contributed by atoms with Crippen molar-refractivity contribution in [2.45, 2.75) is 6.92 Å². The van der Waals surface area contributed by atoms with Crippen LogP contribution >= 0.6 is 24.0 Å². The molecule has 7 heteroatoms. The molecule has 100 valence electrons. The summed E-state index contributed by atoms with van der Waals surface area (Å²) in [6.45, 7) is 1.56. The first kappa shape index (κ1) is 16.7. The van der Waals surface area contributed by atoms with E-state index < -0.39 is 0 Å². The summed E-state index contributed by atoms with van der Waals surface area (Å²) in [5.41, 5.74) is 6.51. The number of halogens is 2. The molecule has 0 unspecified atom stereocenters. The lowest BCUT2D eigenvalue weighted by Gasteiger charge is -2.09. The molecule has 0 aromatic heterocycles. The molecule has 0 fully saturated rings. The Labute approximate surface area is 116 Å². The molecule has 0 bridgehead atoms. The fourth-order valence-corrected chi connectivity index (χ4v) is 1.36. The third-order valence-electron chi connectivity index (χ3n) is 2.17. The second-order valence-electron chi connectivity index (χ2n) is 3.44. The van der Waals surface area contributed by atoms with E-state index >= 15 is 0 Å². The van der Waals surface area contributed by atoms with E-state index in [-0.39, 0.29) is 37.3 Å². The maximum atomic E-state index is 11.5. The van der Waals surface area contributed by atoms with E-state index in [2.05, 4.69) is 10.6 Å². The van der Waals surface area contributed by atoms with Crippen LogP contribution in [0.15, 0.2) is 18.2 Å². The van der Waals surface area contributed by atoms with E-state index in [1.165, 1.54) is 0 Å². The molecule has 0 aliphatic carbocycles. The molecule has 0 saturated heterocycles. The Morgan fingerprint density at radius 1 is 1.33 bits per heavy atom. The highest BCUT2D eigenvalue weighted by molar-refractivity contribution is 6.31.